The molecule has 7 aromatic carbocycles. The van der Waals surface area contributed by atoms with Crippen LogP contribution < -0.4 is 0 Å². The van der Waals surface area contributed by atoms with E-state index in [2.05, 4.69) is 168 Å². The molecule has 9 aromatic rings. The standard InChI is InChI=1S/C49H34N4O/c1-50-48(52-49(51-31-32-12-4-2-3-5-13-32)37-21-20-33-14-6-7-15-34(33)26-37)38-22-24-41-43-30-39(23-25-46(43)54-47(41)29-38)53-44-19-11-10-18-40(44)42-27-35-16-8-9-17-36(35)28-45(42)53/h2-4,6-30H,1,5,31H2/b51-49-,52-48-. The lowest BCUT2D eigenvalue weighted by Gasteiger charge is -2.09. The number of fused-ring (bicyclic) bond motifs is 8. The first kappa shape index (κ1) is 31.6. The smallest absolute Gasteiger partial charge is 0.161 e. The number of amidine groups is 2. The lowest BCUT2D eigenvalue weighted by Crippen LogP contribution is -2.06. The molecule has 0 amide bonds. The molecule has 5 heteroatoms. The second-order valence-electron chi connectivity index (χ2n) is 13.7. The minimum Gasteiger partial charge on any atom is -0.456 e. The van der Waals surface area contributed by atoms with E-state index in [0.29, 0.717) is 18.2 Å². The normalized spacial score (nSPS) is 13.8. The molecule has 0 fully saturated rings. The quantitative estimate of drug-likeness (QED) is 0.131. The second-order valence-corrected chi connectivity index (χ2v) is 13.7. The van der Waals surface area contributed by atoms with Gasteiger partial charge in [0.15, 0.2) is 11.7 Å². The number of para-hydroxylation sites is 1. The number of aliphatic imine (C=N–C) groups is 3. The largest absolute Gasteiger partial charge is 0.456 e. The number of rotatable bonds is 5. The molecule has 0 bridgehead atoms. The van der Waals surface area contributed by atoms with E-state index in [1.807, 2.05) is 18.2 Å². The Bertz CT molecular complexity index is 3130. The maximum atomic E-state index is 6.49. The van der Waals surface area contributed by atoms with E-state index in [0.717, 1.165) is 61.5 Å². The monoisotopic (exact) mass is 694 g/mol. The summed E-state index contributed by atoms with van der Waals surface area (Å²) in [5.41, 5.74) is 7.86. The van der Waals surface area contributed by atoms with E-state index in [1.54, 1.807) is 0 Å². The van der Waals surface area contributed by atoms with Crippen molar-refractivity contribution in [3.8, 4) is 5.69 Å². The van der Waals surface area contributed by atoms with Crippen LogP contribution in [0.25, 0.3) is 71.0 Å². The van der Waals surface area contributed by atoms with Crippen molar-refractivity contribution in [2.45, 2.75) is 6.42 Å². The predicted molar refractivity (Wildman–Crippen MR) is 228 cm³/mol. The summed E-state index contributed by atoms with van der Waals surface area (Å²) in [6.07, 6.45) is 11.4. The van der Waals surface area contributed by atoms with Crippen molar-refractivity contribution < 1.29 is 4.42 Å². The summed E-state index contributed by atoms with van der Waals surface area (Å²) in [6.45, 7) is 4.43. The zero-order valence-electron chi connectivity index (χ0n) is 29.5. The third kappa shape index (κ3) is 5.54. The van der Waals surface area contributed by atoms with Crippen molar-refractivity contribution >= 4 is 83.7 Å². The Balaban J connectivity index is 1.07. The Kier molecular flexibility index (Phi) is 7.69. The average molecular weight is 695 g/mol. The SMILES string of the molecule is C=N/C(=N\C(=N/CC1=CCC=CC=C1)c1ccc2ccccc2c1)c1ccc2c(c1)oc1ccc(-n3c4ccccc4c4cc5ccccc5cc43)cc12. The molecular formula is C49H34N4O. The summed E-state index contributed by atoms with van der Waals surface area (Å²) in [6, 6.07) is 49.0. The topological polar surface area (TPSA) is 55.1 Å². The van der Waals surface area contributed by atoms with E-state index in [9.17, 15) is 0 Å². The van der Waals surface area contributed by atoms with Gasteiger partial charge in [0.1, 0.15) is 11.2 Å². The van der Waals surface area contributed by atoms with Crippen LogP contribution in [-0.4, -0.2) is 29.5 Å². The Morgan fingerprint density at radius 1 is 0.593 bits per heavy atom. The minimum absolute atomic E-state index is 0.481. The van der Waals surface area contributed by atoms with E-state index in [1.165, 1.54) is 32.6 Å². The Morgan fingerprint density at radius 2 is 1.35 bits per heavy atom. The number of aromatic nitrogens is 1. The molecule has 5 nitrogen and oxygen atoms in total. The van der Waals surface area contributed by atoms with Crippen LogP contribution >= 0.6 is 0 Å². The lowest BCUT2D eigenvalue weighted by atomic mass is 10.1. The molecule has 0 N–H and O–H groups in total. The molecule has 0 aliphatic heterocycles. The second kappa shape index (κ2) is 13.1. The Morgan fingerprint density at radius 3 is 2.22 bits per heavy atom. The fraction of sp³-hybridized carbons (Fsp3) is 0.0408. The highest BCUT2D eigenvalue weighted by Gasteiger charge is 2.17. The highest BCUT2D eigenvalue weighted by Crippen LogP contribution is 2.37. The number of hydrogen-bond acceptors (Lipinski definition) is 2. The zero-order valence-corrected chi connectivity index (χ0v) is 29.5. The molecular weight excluding hydrogens is 661 g/mol. The van der Waals surface area contributed by atoms with E-state index >= 15 is 0 Å². The molecule has 10 rings (SSSR count). The molecule has 0 atom stereocenters. The van der Waals surface area contributed by atoms with Crippen molar-refractivity contribution in [1.82, 2.24) is 4.57 Å². The van der Waals surface area contributed by atoms with E-state index in [-0.39, 0.29) is 0 Å². The lowest BCUT2D eigenvalue weighted by molar-refractivity contribution is 0.669. The van der Waals surface area contributed by atoms with Crippen molar-refractivity contribution in [1.29, 1.82) is 0 Å². The highest BCUT2D eigenvalue weighted by molar-refractivity contribution is 6.16. The van der Waals surface area contributed by atoms with Crippen molar-refractivity contribution in [3.63, 3.8) is 0 Å². The summed E-state index contributed by atoms with van der Waals surface area (Å²) in [5, 5.41) is 9.28. The molecule has 0 radical (unpaired) electrons. The van der Waals surface area contributed by atoms with E-state index in [4.69, 9.17) is 14.4 Å². The van der Waals surface area contributed by atoms with Gasteiger partial charge in [0.25, 0.3) is 0 Å². The van der Waals surface area contributed by atoms with Gasteiger partial charge in [0.2, 0.25) is 0 Å². The molecule has 2 aromatic heterocycles. The third-order valence-corrected chi connectivity index (χ3v) is 10.4. The van der Waals surface area contributed by atoms with Crippen LogP contribution in [0.1, 0.15) is 17.5 Å². The first-order chi connectivity index (χ1) is 26.7. The van der Waals surface area contributed by atoms with Gasteiger partial charge in [-0.3, -0.25) is 4.99 Å². The zero-order chi connectivity index (χ0) is 36.0. The first-order valence-corrected chi connectivity index (χ1v) is 18.2. The van der Waals surface area contributed by atoms with Gasteiger partial charge in [-0.25, -0.2) is 9.98 Å². The number of furan rings is 1. The third-order valence-electron chi connectivity index (χ3n) is 10.4. The predicted octanol–water partition coefficient (Wildman–Crippen LogP) is 12.3. The summed E-state index contributed by atoms with van der Waals surface area (Å²) in [4.78, 5) is 14.5. The van der Waals surface area contributed by atoms with Crippen LogP contribution in [-0.2, 0) is 0 Å². The maximum Gasteiger partial charge on any atom is 0.161 e. The highest BCUT2D eigenvalue weighted by atomic mass is 16.3. The van der Waals surface area contributed by atoms with Crippen molar-refractivity contribution in [2.24, 2.45) is 15.0 Å². The van der Waals surface area contributed by atoms with Gasteiger partial charge in [0, 0.05) is 38.4 Å². The van der Waals surface area contributed by atoms with Gasteiger partial charge in [-0.05, 0) is 94.9 Å². The van der Waals surface area contributed by atoms with Crippen LogP contribution in [0.3, 0.4) is 0 Å². The molecule has 1 aliphatic carbocycles. The van der Waals surface area contributed by atoms with Gasteiger partial charge in [0.05, 0.1) is 17.6 Å². The molecule has 256 valence electrons. The van der Waals surface area contributed by atoms with Crippen LogP contribution in [0.15, 0.2) is 195 Å². The summed E-state index contributed by atoms with van der Waals surface area (Å²) in [7, 11) is 0. The van der Waals surface area contributed by atoms with Crippen LogP contribution in [0.2, 0.25) is 0 Å². The fourth-order valence-electron chi connectivity index (χ4n) is 7.69. The minimum atomic E-state index is 0.481. The van der Waals surface area contributed by atoms with Crippen LogP contribution in [0, 0.1) is 0 Å². The summed E-state index contributed by atoms with van der Waals surface area (Å²) < 4.78 is 8.85. The molecule has 54 heavy (non-hydrogen) atoms. The van der Waals surface area contributed by atoms with Crippen molar-refractivity contribution in [2.75, 3.05) is 6.54 Å². The Labute approximate surface area is 311 Å². The summed E-state index contributed by atoms with van der Waals surface area (Å²) >= 11 is 0. The molecule has 2 heterocycles. The molecule has 0 saturated carbocycles. The van der Waals surface area contributed by atoms with Crippen LogP contribution in [0.5, 0.6) is 0 Å². The molecule has 1 aliphatic rings. The van der Waals surface area contributed by atoms with Crippen molar-refractivity contribution in [3.05, 3.63) is 187 Å². The number of benzene rings is 7. The van der Waals surface area contributed by atoms with Gasteiger partial charge < -0.3 is 8.98 Å². The van der Waals surface area contributed by atoms with Gasteiger partial charge in [-0.15, -0.1) is 0 Å². The van der Waals surface area contributed by atoms with Gasteiger partial charge in [-0.2, -0.15) is 0 Å². The average Bonchev–Trinajstić information content (AvgIpc) is 3.61. The molecule has 0 unspecified atom stereocenters. The first-order valence-electron chi connectivity index (χ1n) is 18.2. The molecule has 0 spiro atoms. The fourth-order valence-corrected chi connectivity index (χ4v) is 7.69. The van der Waals surface area contributed by atoms with Gasteiger partial charge >= 0.3 is 0 Å². The Hall–Kier alpha value is -7.11. The van der Waals surface area contributed by atoms with E-state index < -0.39 is 0 Å². The van der Waals surface area contributed by atoms with Gasteiger partial charge in [-0.1, -0.05) is 115 Å². The van der Waals surface area contributed by atoms with Crippen LogP contribution in [0.4, 0.5) is 0 Å². The number of nitrogens with zero attached hydrogens (tertiary/aromatic N) is 4. The number of allylic oxidation sites excluding steroid dienone is 4. The summed E-state index contributed by atoms with van der Waals surface area (Å²) in [5.74, 6) is 1.08. The number of hydrogen-bond donors (Lipinski definition) is 0. The molecule has 0 saturated heterocycles. The maximum absolute atomic E-state index is 6.49.